The molecule has 110 valence electrons. The summed E-state index contributed by atoms with van der Waals surface area (Å²) in [4.78, 5) is 12.0. The van der Waals surface area contributed by atoms with Gasteiger partial charge in [0.05, 0.1) is 0 Å². The number of hydrogen-bond acceptors (Lipinski definition) is 5. The van der Waals surface area contributed by atoms with Gasteiger partial charge in [0.2, 0.25) is 5.13 Å². The van der Waals surface area contributed by atoms with Gasteiger partial charge >= 0.3 is 6.03 Å². The van der Waals surface area contributed by atoms with Gasteiger partial charge in [0.25, 0.3) is 0 Å². The van der Waals surface area contributed by atoms with E-state index >= 15 is 0 Å². The number of hydrogen-bond donors (Lipinski definition) is 3. The van der Waals surface area contributed by atoms with E-state index < -0.39 is 0 Å². The maximum atomic E-state index is 12.0. The van der Waals surface area contributed by atoms with Crippen LogP contribution in [0.2, 0.25) is 0 Å². The molecule has 0 radical (unpaired) electrons. The topological polar surface area (TPSA) is 87.1 Å². The molecule has 3 rings (SSSR count). The lowest BCUT2D eigenvalue weighted by atomic mass is 9.85. The first-order valence-corrected chi connectivity index (χ1v) is 8.03. The summed E-state index contributed by atoms with van der Waals surface area (Å²) in [5.41, 5.74) is 0. The largest absolute Gasteiger partial charge is 0.396 e. The zero-order valence-corrected chi connectivity index (χ0v) is 12.3. The Kier molecular flexibility index (Phi) is 3.89. The lowest BCUT2D eigenvalue weighted by Crippen LogP contribution is -2.46. The Morgan fingerprint density at radius 1 is 1.40 bits per heavy atom. The van der Waals surface area contributed by atoms with E-state index in [2.05, 4.69) is 20.8 Å². The van der Waals surface area contributed by atoms with E-state index in [4.69, 9.17) is 0 Å². The van der Waals surface area contributed by atoms with E-state index in [1.54, 1.807) is 0 Å². The molecule has 7 heteroatoms. The summed E-state index contributed by atoms with van der Waals surface area (Å²) in [6.07, 6.45) is 4.30. The molecule has 0 saturated heterocycles. The molecule has 4 unspecified atom stereocenters. The van der Waals surface area contributed by atoms with Crippen molar-refractivity contribution in [3.05, 3.63) is 5.01 Å². The van der Waals surface area contributed by atoms with Gasteiger partial charge in [0.15, 0.2) is 0 Å². The van der Waals surface area contributed by atoms with E-state index in [0.29, 0.717) is 17.0 Å². The summed E-state index contributed by atoms with van der Waals surface area (Å²) in [5.74, 6) is 1.30. The van der Waals surface area contributed by atoms with Gasteiger partial charge in [-0.25, -0.2) is 4.79 Å². The molecule has 20 heavy (non-hydrogen) atoms. The molecule has 1 heterocycles. The normalized spacial score (nSPS) is 31.5. The highest BCUT2D eigenvalue weighted by atomic mass is 32.1. The van der Waals surface area contributed by atoms with Crippen LogP contribution in [0, 0.1) is 17.8 Å². The fraction of sp³-hybridized carbons (Fsp3) is 0.769. The van der Waals surface area contributed by atoms with Gasteiger partial charge in [-0.15, -0.1) is 10.2 Å². The van der Waals surface area contributed by atoms with Crippen molar-refractivity contribution in [3.8, 4) is 0 Å². The average molecular weight is 296 g/mol. The number of carbonyl (C=O) groups is 1. The molecule has 2 aliphatic carbocycles. The molecular formula is C13H20N4O2S. The number of carbonyl (C=O) groups excluding carboxylic acids is 1. The molecular weight excluding hydrogens is 276 g/mol. The molecule has 2 amide bonds. The Bertz CT molecular complexity index is 492. The molecule has 2 aliphatic rings. The third-order valence-electron chi connectivity index (χ3n) is 4.59. The highest BCUT2D eigenvalue weighted by Crippen LogP contribution is 2.48. The van der Waals surface area contributed by atoms with E-state index in [1.165, 1.54) is 17.8 Å². The fourth-order valence-electron chi connectivity index (χ4n) is 3.63. The van der Waals surface area contributed by atoms with Crippen LogP contribution in [-0.4, -0.2) is 34.0 Å². The van der Waals surface area contributed by atoms with Gasteiger partial charge in [-0.3, -0.25) is 5.32 Å². The van der Waals surface area contributed by atoms with Gasteiger partial charge in [0.1, 0.15) is 5.01 Å². The standard InChI is InChI=1S/C13H20N4O2S/c1-2-10-16-17-13(20-10)15-12(19)14-11-8-4-3-7(5-8)9(11)6-18/h7-9,11,18H,2-6H2,1H3,(H2,14,15,17,19). The quantitative estimate of drug-likeness (QED) is 0.788. The SMILES string of the molecule is CCc1nnc(NC(=O)NC2C3CCC(C3)C2CO)s1. The van der Waals surface area contributed by atoms with Crippen LogP contribution in [0.5, 0.6) is 0 Å². The first kappa shape index (κ1) is 13.8. The smallest absolute Gasteiger partial charge is 0.321 e. The number of nitrogens with zero attached hydrogens (tertiary/aromatic N) is 2. The second-order valence-electron chi connectivity index (χ2n) is 5.66. The van der Waals surface area contributed by atoms with Crippen LogP contribution in [0.15, 0.2) is 0 Å². The Morgan fingerprint density at radius 3 is 2.90 bits per heavy atom. The molecule has 3 N–H and O–H groups in total. The zero-order valence-electron chi connectivity index (χ0n) is 11.5. The van der Waals surface area contributed by atoms with Crippen molar-refractivity contribution < 1.29 is 9.90 Å². The number of rotatable bonds is 4. The van der Waals surface area contributed by atoms with Crippen molar-refractivity contribution >= 4 is 22.5 Å². The molecule has 0 spiro atoms. The Hall–Kier alpha value is -1.21. The van der Waals surface area contributed by atoms with Gasteiger partial charge < -0.3 is 10.4 Å². The van der Waals surface area contributed by atoms with E-state index in [0.717, 1.165) is 24.3 Å². The molecule has 2 bridgehead atoms. The predicted octanol–water partition coefficient (Wildman–Crippen LogP) is 1.63. The van der Waals surface area contributed by atoms with Gasteiger partial charge in [0, 0.05) is 18.6 Å². The number of aliphatic hydroxyl groups excluding tert-OH is 1. The van der Waals surface area contributed by atoms with E-state index in [1.807, 2.05) is 6.92 Å². The van der Waals surface area contributed by atoms with Crippen LogP contribution in [0.25, 0.3) is 0 Å². The lowest BCUT2D eigenvalue weighted by Gasteiger charge is -2.30. The molecule has 4 atom stereocenters. The molecule has 0 aliphatic heterocycles. The molecule has 2 fully saturated rings. The number of fused-ring (bicyclic) bond motifs is 2. The summed E-state index contributed by atoms with van der Waals surface area (Å²) < 4.78 is 0. The maximum Gasteiger partial charge on any atom is 0.321 e. The first-order chi connectivity index (χ1) is 9.71. The number of anilines is 1. The van der Waals surface area contributed by atoms with Crippen molar-refractivity contribution in [2.45, 2.75) is 38.6 Å². The van der Waals surface area contributed by atoms with Crippen LogP contribution in [0.1, 0.15) is 31.2 Å². The third-order valence-corrected chi connectivity index (χ3v) is 5.57. The fourth-order valence-corrected chi connectivity index (χ4v) is 4.30. The van der Waals surface area contributed by atoms with Crippen molar-refractivity contribution in [3.63, 3.8) is 0 Å². The highest BCUT2D eigenvalue weighted by Gasteiger charge is 2.47. The summed E-state index contributed by atoms with van der Waals surface area (Å²) in [6.45, 7) is 2.16. The highest BCUT2D eigenvalue weighted by molar-refractivity contribution is 7.15. The molecule has 1 aromatic rings. The van der Waals surface area contributed by atoms with Crippen molar-refractivity contribution in [2.24, 2.45) is 17.8 Å². The minimum Gasteiger partial charge on any atom is -0.396 e. The second kappa shape index (κ2) is 5.65. The van der Waals surface area contributed by atoms with Crippen LogP contribution >= 0.6 is 11.3 Å². The van der Waals surface area contributed by atoms with Gasteiger partial charge in [-0.2, -0.15) is 0 Å². The van der Waals surface area contributed by atoms with Crippen LogP contribution in [-0.2, 0) is 6.42 Å². The van der Waals surface area contributed by atoms with E-state index in [9.17, 15) is 9.90 Å². The number of urea groups is 1. The van der Waals surface area contributed by atoms with Gasteiger partial charge in [-0.05, 0) is 37.5 Å². The monoisotopic (exact) mass is 296 g/mol. The summed E-state index contributed by atoms with van der Waals surface area (Å²) in [5, 5.41) is 24.6. The number of aliphatic hydroxyl groups is 1. The second-order valence-corrected chi connectivity index (χ2v) is 6.72. The molecule has 6 nitrogen and oxygen atoms in total. The predicted molar refractivity (Wildman–Crippen MR) is 76.6 cm³/mol. The molecule has 2 saturated carbocycles. The van der Waals surface area contributed by atoms with Crippen LogP contribution < -0.4 is 10.6 Å². The summed E-state index contributed by atoms with van der Waals surface area (Å²) in [6, 6.07) is -0.142. The third kappa shape index (κ3) is 2.52. The minimum atomic E-state index is -0.236. The summed E-state index contributed by atoms with van der Waals surface area (Å²) >= 11 is 1.40. The number of nitrogens with one attached hydrogen (secondary N) is 2. The number of aromatic nitrogens is 2. The molecule has 1 aromatic heterocycles. The lowest BCUT2D eigenvalue weighted by molar-refractivity contribution is 0.146. The number of aryl methyl sites for hydroxylation is 1. The Labute approximate surface area is 122 Å². The number of amides is 2. The van der Waals surface area contributed by atoms with E-state index in [-0.39, 0.29) is 24.6 Å². The molecule has 0 aromatic carbocycles. The van der Waals surface area contributed by atoms with Crippen molar-refractivity contribution in [1.29, 1.82) is 0 Å². The van der Waals surface area contributed by atoms with Gasteiger partial charge in [-0.1, -0.05) is 18.3 Å². The maximum absolute atomic E-state index is 12.0. The van der Waals surface area contributed by atoms with Crippen LogP contribution in [0.4, 0.5) is 9.93 Å². The summed E-state index contributed by atoms with van der Waals surface area (Å²) in [7, 11) is 0. The zero-order chi connectivity index (χ0) is 14.1. The van der Waals surface area contributed by atoms with Crippen molar-refractivity contribution in [1.82, 2.24) is 15.5 Å². The average Bonchev–Trinajstić information content (AvgIpc) is 3.13. The Balaban J connectivity index is 1.58. The van der Waals surface area contributed by atoms with Crippen LogP contribution in [0.3, 0.4) is 0 Å². The van der Waals surface area contributed by atoms with Crippen molar-refractivity contribution in [2.75, 3.05) is 11.9 Å². The Morgan fingerprint density at radius 2 is 2.20 bits per heavy atom. The minimum absolute atomic E-state index is 0.0947. The first-order valence-electron chi connectivity index (χ1n) is 7.22.